The SMILES string of the molecule is O=C(c1ccn[nH]1)N1CCC(Oc2nccnc2N2CCOCC2)C1. The Hall–Kier alpha value is -2.68. The molecule has 1 atom stereocenters. The number of H-pyrrole nitrogens is 1. The van der Waals surface area contributed by atoms with Crippen molar-refractivity contribution in [1.29, 1.82) is 0 Å². The highest BCUT2D eigenvalue weighted by Gasteiger charge is 2.30. The van der Waals surface area contributed by atoms with Gasteiger partial charge in [-0.1, -0.05) is 0 Å². The molecule has 0 aromatic carbocycles. The summed E-state index contributed by atoms with van der Waals surface area (Å²) in [5, 5.41) is 6.53. The molecule has 2 aromatic heterocycles. The topological polar surface area (TPSA) is 96.5 Å². The third-order valence-corrected chi connectivity index (χ3v) is 4.40. The Kier molecular flexibility index (Phi) is 4.47. The van der Waals surface area contributed by atoms with E-state index in [9.17, 15) is 4.79 Å². The second-order valence-corrected chi connectivity index (χ2v) is 6.03. The van der Waals surface area contributed by atoms with Crippen LogP contribution < -0.4 is 9.64 Å². The van der Waals surface area contributed by atoms with Crippen molar-refractivity contribution in [2.24, 2.45) is 0 Å². The fourth-order valence-electron chi connectivity index (χ4n) is 3.11. The van der Waals surface area contributed by atoms with Crippen molar-refractivity contribution in [3.63, 3.8) is 0 Å². The highest BCUT2D eigenvalue weighted by Crippen LogP contribution is 2.26. The maximum atomic E-state index is 12.4. The molecule has 4 rings (SSSR count). The van der Waals surface area contributed by atoms with Gasteiger partial charge in [0.15, 0.2) is 5.82 Å². The molecular formula is C16H20N6O3. The molecule has 25 heavy (non-hydrogen) atoms. The third kappa shape index (κ3) is 3.41. The Morgan fingerprint density at radius 1 is 1.20 bits per heavy atom. The maximum absolute atomic E-state index is 12.4. The zero-order chi connectivity index (χ0) is 17.1. The number of amides is 1. The number of ether oxygens (including phenoxy) is 2. The molecule has 1 unspecified atom stereocenters. The number of likely N-dealkylation sites (tertiary alicyclic amines) is 1. The lowest BCUT2D eigenvalue weighted by Gasteiger charge is -2.29. The Morgan fingerprint density at radius 2 is 2.04 bits per heavy atom. The number of aromatic nitrogens is 4. The number of anilines is 1. The first kappa shape index (κ1) is 15.8. The van der Waals surface area contributed by atoms with Crippen LogP contribution >= 0.6 is 0 Å². The van der Waals surface area contributed by atoms with E-state index in [2.05, 4.69) is 25.1 Å². The molecule has 9 nitrogen and oxygen atoms in total. The van der Waals surface area contributed by atoms with Crippen molar-refractivity contribution in [2.75, 3.05) is 44.3 Å². The van der Waals surface area contributed by atoms with E-state index in [0.29, 0.717) is 37.9 Å². The van der Waals surface area contributed by atoms with Crippen LogP contribution in [0.4, 0.5) is 5.82 Å². The second-order valence-electron chi connectivity index (χ2n) is 6.03. The summed E-state index contributed by atoms with van der Waals surface area (Å²) in [5.74, 6) is 1.20. The van der Waals surface area contributed by atoms with E-state index < -0.39 is 0 Å². The molecular weight excluding hydrogens is 324 g/mol. The molecule has 2 saturated heterocycles. The number of hydrogen-bond donors (Lipinski definition) is 1. The first-order chi connectivity index (χ1) is 12.3. The minimum absolute atomic E-state index is 0.0591. The van der Waals surface area contributed by atoms with Crippen LogP contribution in [0.15, 0.2) is 24.7 Å². The van der Waals surface area contributed by atoms with E-state index in [0.717, 1.165) is 25.3 Å². The van der Waals surface area contributed by atoms with Gasteiger partial charge in [0.05, 0.1) is 19.8 Å². The summed E-state index contributed by atoms with van der Waals surface area (Å²) in [4.78, 5) is 25.0. The van der Waals surface area contributed by atoms with E-state index in [-0.39, 0.29) is 12.0 Å². The second kappa shape index (κ2) is 7.06. The highest BCUT2D eigenvalue weighted by molar-refractivity contribution is 5.92. The Balaban J connectivity index is 1.42. The van der Waals surface area contributed by atoms with E-state index in [1.807, 2.05) is 0 Å². The lowest BCUT2D eigenvalue weighted by atomic mass is 10.3. The molecule has 1 N–H and O–H groups in total. The van der Waals surface area contributed by atoms with Gasteiger partial charge in [0.1, 0.15) is 11.8 Å². The normalized spacial score (nSPS) is 20.7. The minimum Gasteiger partial charge on any atom is -0.470 e. The van der Waals surface area contributed by atoms with Gasteiger partial charge in [-0.2, -0.15) is 5.10 Å². The number of morpholine rings is 1. The van der Waals surface area contributed by atoms with Gasteiger partial charge in [-0.05, 0) is 6.07 Å². The molecule has 4 heterocycles. The summed E-state index contributed by atoms with van der Waals surface area (Å²) in [7, 11) is 0. The number of aromatic amines is 1. The first-order valence-electron chi connectivity index (χ1n) is 8.40. The molecule has 0 saturated carbocycles. The van der Waals surface area contributed by atoms with Crippen LogP contribution in [-0.4, -0.2) is 76.5 Å². The summed E-state index contributed by atoms with van der Waals surface area (Å²) in [6, 6.07) is 1.68. The average Bonchev–Trinajstić information content (AvgIpc) is 3.35. The van der Waals surface area contributed by atoms with Crippen molar-refractivity contribution in [3.05, 3.63) is 30.4 Å². The summed E-state index contributed by atoms with van der Waals surface area (Å²) in [6.07, 6.45) is 5.54. The van der Waals surface area contributed by atoms with Crippen molar-refractivity contribution < 1.29 is 14.3 Å². The first-order valence-corrected chi connectivity index (χ1v) is 8.40. The van der Waals surface area contributed by atoms with Gasteiger partial charge in [-0.25, -0.2) is 9.97 Å². The number of carbonyl (C=O) groups is 1. The van der Waals surface area contributed by atoms with Crippen LogP contribution in [0.2, 0.25) is 0 Å². The van der Waals surface area contributed by atoms with Gasteiger partial charge in [-0.3, -0.25) is 9.89 Å². The summed E-state index contributed by atoms with van der Waals surface area (Å²) < 4.78 is 11.5. The standard InChI is InChI=1S/C16H20N6O3/c23-16(13-1-3-19-20-13)22-6-2-12(11-22)25-15-14(17-4-5-18-15)21-7-9-24-10-8-21/h1,3-5,12H,2,6-11H2,(H,19,20). The maximum Gasteiger partial charge on any atom is 0.271 e. The minimum atomic E-state index is -0.0941. The molecule has 2 aliphatic heterocycles. The largest absolute Gasteiger partial charge is 0.470 e. The quantitative estimate of drug-likeness (QED) is 0.854. The Morgan fingerprint density at radius 3 is 2.84 bits per heavy atom. The highest BCUT2D eigenvalue weighted by atomic mass is 16.5. The molecule has 0 spiro atoms. The lowest BCUT2D eigenvalue weighted by molar-refractivity contribution is 0.0765. The zero-order valence-corrected chi connectivity index (χ0v) is 13.8. The molecule has 9 heteroatoms. The fraction of sp³-hybridized carbons (Fsp3) is 0.500. The van der Waals surface area contributed by atoms with E-state index in [1.54, 1.807) is 29.6 Å². The number of nitrogens with zero attached hydrogens (tertiary/aromatic N) is 5. The van der Waals surface area contributed by atoms with Gasteiger partial charge >= 0.3 is 0 Å². The predicted molar refractivity (Wildman–Crippen MR) is 88.6 cm³/mol. The van der Waals surface area contributed by atoms with Crippen molar-refractivity contribution in [2.45, 2.75) is 12.5 Å². The molecule has 2 fully saturated rings. The van der Waals surface area contributed by atoms with Gasteiger partial charge in [0.2, 0.25) is 0 Å². The van der Waals surface area contributed by atoms with Crippen LogP contribution in [0.5, 0.6) is 5.88 Å². The predicted octanol–water partition coefficient (Wildman–Crippen LogP) is 0.330. The molecule has 2 aromatic rings. The van der Waals surface area contributed by atoms with Crippen LogP contribution in [0.1, 0.15) is 16.9 Å². The van der Waals surface area contributed by atoms with Gasteiger partial charge in [-0.15, -0.1) is 0 Å². The number of carbonyl (C=O) groups excluding carboxylic acids is 1. The van der Waals surface area contributed by atoms with E-state index in [4.69, 9.17) is 9.47 Å². The molecule has 0 aliphatic carbocycles. The van der Waals surface area contributed by atoms with Crippen LogP contribution in [-0.2, 0) is 4.74 Å². The number of hydrogen-bond acceptors (Lipinski definition) is 7. The van der Waals surface area contributed by atoms with Gasteiger partial charge in [0, 0.05) is 44.6 Å². The number of nitrogens with one attached hydrogen (secondary N) is 1. The van der Waals surface area contributed by atoms with E-state index in [1.165, 1.54) is 0 Å². The molecule has 132 valence electrons. The summed E-state index contributed by atoms with van der Waals surface area (Å²) in [6.45, 7) is 4.05. The molecule has 0 bridgehead atoms. The summed E-state index contributed by atoms with van der Waals surface area (Å²) in [5.41, 5.74) is 0.495. The van der Waals surface area contributed by atoms with E-state index >= 15 is 0 Å². The Bertz CT molecular complexity index is 716. The third-order valence-electron chi connectivity index (χ3n) is 4.40. The molecule has 0 radical (unpaired) electrons. The van der Waals surface area contributed by atoms with Crippen molar-refractivity contribution in [1.82, 2.24) is 25.1 Å². The lowest BCUT2D eigenvalue weighted by Crippen LogP contribution is -2.37. The average molecular weight is 344 g/mol. The zero-order valence-electron chi connectivity index (χ0n) is 13.8. The summed E-state index contributed by atoms with van der Waals surface area (Å²) >= 11 is 0. The Labute approximate surface area is 145 Å². The van der Waals surface area contributed by atoms with Crippen LogP contribution in [0.3, 0.4) is 0 Å². The fourth-order valence-corrected chi connectivity index (χ4v) is 3.11. The smallest absolute Gasteiger partial charge is 0.271 e. The van der Waals surface area contributed by atoms with Crippen LogP contribution in [0, 0.1) is 0 Å². The van der Waals surface area contributed by atoms with Gasteiger partial charge < -0.3 is 19.3 Å². The monoisotopic (exact) mass is 344 g/mol. The van der Waals surface area contributed by atoms with Gasteiger partial charge in [0.25, 0.3) is 11.8 Å². The van der Waals surface area contributed by atoms with Crippen molar-refractivity contribution >= 4 is 11.7 Å². The number of rotatable bonds is 4. The molecule has 1 amide bonds. The van der Waals surface area contributed by atoms with Crippen LogP contribution in [0.25, 0.3) is 0 Å². The molecule has 2 aliphatic rings. The van der Waals surface area contributed by atoms with Crippen molar-refractivity contribution in [3.8, 4) is 5.88 Å².